The molecule has 2 bridgehead atoms. The molecule has 0 radical (unpaired) electrons. The molecule has 1 amide bonds. The minimum atomic E-state index is -3.15. The van der Waals surface area contributed by atoms with Crippen LogP contribution in [-0.4, -0.2) is 70.5 Å². The Kier molecular flexibility index (Phi) is 5.09. The van der Waals surface area contributed by atoms with Crippen molar-refractivity contribution in [1.29, 1.82) is 0 Å². The van der Waals surface area contributed by atoms with Crippen molar-refractivity contribution in [3.05, 3.63) is 46.5 Å². The molecule has 0 aromatic carbocycles. The molecule has 0 saturated carbocycles. The number of amides is 1. The first-order valence-electron chi connectivity index (χ1n) is 10.8. The van der Waals surface area contributed by atoms with Gasteiger partial charge in [0.15, 0.2) is 0 Å². The topological polar surface area (TPSA) is 103 Å². The lowest BCUT2D eigenvalue weighted by molar-refractivity contribution is 0.0585. The highest BCUT2D eigenvalue weighted by atomic mass is 32.2. The van der Waals surface area contributed by atoms with Crippen molar-refractivity contribution in [3.63, 3.8) is 0 Å². The maximum Gasteiger partial charge on any atom is 0.271 e. The Balaban J connectivity index is 1.60. The summed E-state index contributed by atoms with van der Waals surface area (Å²) in [5, 5.41) is -0.0217. The minimum absolute atomic E-state index is 0.108. The van der Waals surface area contributed by atoms with Gasteiger partial charge in [0, 0.05) is 38.2 Å². The fourth-order valence-electron chi connectivity index (χ4n) is 5.28. The predicted octanol–water partition coefficient (Wildman–Crippen LogP) is 1.48. The van der Waals surface area contributed by atoms with Crippen molar-refractivity contribution in [2.45, 2.75) is 49.6 Å². The first-order chi connectivity index (χ1) is 15.3. The molecule has 2 aliphatic rings. The van der Waals surface area contributed by atoms with E-state index in [4.69, 9.17) is 4.74 Å². The third-order valence-corrected chi connectivity index (χ3v) is 8.44. The molecule has 0 N–H and O–H groups in total. The van der Waals surface area contributed by atoms with Gasteiger partial charge in [0.2, 0.25) is 0 Å². The standard InChI is InChI=1S/C22H26N4O5S/c1-31-10-9-24-18(13-17-20(24)23-19-5-3-4-8-25(19)21(17)27)22(28)26-14-6-7-15(26)12-16(11-14)32(2,29)30/h3-5,8,13-16H,6-7,9-12H2,1-2H3. The van der Waals surface area contributed by atoms with Gasteiger partial charge in [-0.15, -0.1) is 0 Å². The van der Waals surface area contributed by atoms with Gasteiger partial charge in [0.1, 0.15) is 26.8 Å². The lowest BCUT2D eigenvalue weighted by atomic mass is 10.0. The molecule has 32 heavy (non-hydrogen) atoms. The summed E-state index contributed by atoms with van der Waals surface area (Å²) in [6.45, 7) is 0.745. The number of pyridine rings is 1. The quantitative estimate of drug-likeness (QED) is 0.574. The van der Waals surface area contributed by atoms with Gasteiger partial charge in [-0.1, -0.05) is 6.07 Å². The van der Waals surface area contributed by atoms with Crippen LogP contribution < -0.4 is 5.56 Å². The molecule has 3 aromatic rings. The summed E-state index contributed by atoms with van der Waals surface area (Å²) >= 11 is 0. The summed E-state index contributed by atoms with van der Waals surface area (Å²) in [7, 11) is -1.56. The van der Waals surface area contributed by atoms with Crippen LogP contribution in [0.3, 0.4) is 0 Å². The van der Waals surface area contributed by atoms with Crippen molar-refractivity contribution in [1.82, 2.24) is 18.9 Å². The maximum absolute atomic E-state index is 13.8. The Hall–Kier alpha value is -2.72. The van der Waals surface area contributed by atoms with Crippen molar-refractivity contribution < 1.29 is 17.9 Å². The van der Waals surface area contributed by atoms with Crippen LogP contribution in [0.4, 0.5) is 0 Å². The number of ether oxygens (including phenoxy) is 1. The van der Waals surface area contributed by atoms with Gasteiger partial charge < -0.3 is 14.2 Å². The van der Waals surface area contributed by atoms with Crippen molar-refractivity contribution in [2.24, 2.45) is 0 Å². The number of rotatable bonds is 5. The number of hydrogen-bond donors (Lipinski definition) is 0. The molecular weight excluding hydrogens is 432 g/mol. The fourth-order valence-corrected chi connectivity index (χ4v) is 6.42. The highest BCUT2D eigenvalue weighted by Gasteiger charge is 2.46. The Labute approximate surface area is 185 Å². The zero-order valence-corrected chi connectivity index (χ0v) is 18.9. The molecule has 5 rings (SSSR count). The molecule has 9 nitrogen and oxygen atoms in total. The van der Waals surface area contributed by atoms with Crippen LogP contribution in [-0.2, 0) is 21.1 Å². The van der Waals surface area contributed by atoms with Crippen LogP contribution in [0.5, 0.6) is 0 Å². The highest BCUT2D eigenvalue weighted by Crippen LogP contribution is 2.39. The van der Waals surface area contributed by atoms with E-state index < -0.39 is 15.1 Å². The number of sulfone groups is 1. The smallest absolute Gasteiger partial charge is 0.271 e. The predicted molar refractivity (Wildman–Crippen MR) is 120 cm³/mol. The number of fused-ring (bicyclic) bond motifs is 4. The first-order valence-corrected chi connectivity index (χ1v) is 12.8. The second-order valence-corrected chi connectivity index (χ2v) is 11.1. The average molecular weight is 459 g/mol. The molecule has 2 atom stereocenters. The van der Waals surface area contributed by atoms with Crippen LogP contribution in [0.1, 0.15) is 36.2 Å². The van der Waals surface area contributed by atoms with Crippen molar-refractivity contribution in [2.75, 3.05) is 20.0 Å². The van der Waals surface area contributed by atoms with Gasteiger partial charge >= 0.3 is 0 Å². The normalized spacial score (nSPS) is 23.3. The maximum atomic E-state index is 13.8. The van der Waals surface area contributed by atoms with E-state index in [0.717, 1.165) is 12.8 Å². The second kappa shape index (κ2) is 7.70. The fraction of sp³-hybridized carbons (Fsp3) is 0.500. The van der Waals surface area contributed by atoms with E-state index >= 15 is 0 Å². The number of aromatic nitrogens is 3. The van der Waals surface area contributed by atoms with Gasteiger partial charge in [-0.2, -0.15) is 0 Å². The Bertz CT molecular complexity index is 1360. The van der Waals surface area contributed by atoms with Crippen LogP contribution in [0.25, 0.3) is 16.7 Å². The number of carbonyl (C=O) groups is 1. The molecule has 5 heterocycles. The van der Waals surface area contributed by atoms with Gasteiger partial charge in [0.05, 0.1) is 17.2 Å². The van der Waals surface area contributed by atoms with Crippen molar-refractivity contribution >= 4 is 32.4 Å². The monoisotopic (exact) mass is 458 g/mol. The second-order valence-electron chi connectivity index (χ2n) is 8.78. The van der Waals surface area contributed by atoms with Gasteiger partial charge in [0.25, 0.3) is 11.5 Å². The van der Waals surface area contributed by atoms with Crippen LogP contribution in [0.2, 0.25) is 0 Å². The number of hydrogen-bond acceptors (Lipinski definition) is 6. The van der Waals surface area contributed by atoms with Crippen molar-refractivity contribution in [3.8, 4) is 0 Å². The molecule has 10 heteroatoms. The number of nitrogens with zero attached hydrogens (tertiary/aromatic N) is 4. The van der Waals surface area contributed by atoms with Crippen LogP contribution in [0.15, 0.2) is 35.3 Å². The molecule has 2 saturated heterocycles. The van der Waals surface area contributed by atoms with E-state index in [9.17, 15) is 18.0 Å². The molecule has 2 aliphatic heterocycles. The molecule has 2 unspecified atom stereocenters. The van der Waals surface area contributed by atoms with E-state index in [0.29, 0.717) is 48.4 Å². The van der Waals surface area contributed by atoms with E-state index in [2.05, 4.69) is 4.98 Å². The Morgan fingerprint density at radius 2 is 1.94 bits per heavy atom. The van der Waals surface area contributed by atoms with Crippen LogP contribution in [0, 0.1) is 0 Å². The highest BCUT2D eigenvalue weighted by molar-refractivity contribution is 7.91. The molecule has 3 aromatic heterocycles. The zero-order valence-electron chi connectivity index (χ0n) is 18.1. The lowest BCUT2D eigenvalue weighted by Gasteiger charge is -2.38. The van der Waals surface area contributed by atoms with E-state index in [1.165, 1.54) is 10.7 Å². The average Bonchev–Trinajstić information content (AvgIpc) is 3.25. The summed E-state index contributed by atoms with van der Waals surface area (Å²) in [6, 6.07) is 6.74. The van der Waals surface area contributed by atoms with Gasteiger partial charge in [-0.3, -0.25) is 14.0 Å². The first kappa shape index (κ1) is 21.1. The summed E-state index contributed by atoms with van der Waals surface area (Å²) in [5.41, 5.74) is 1.14. The molecule has 170 valence electrons. The summed E-state index contributed by atoms with van der Waals surface area (Å²) in [4.78, 5) is 33.4. The van der Waals surface area contributed by atoms with E-state index in [-0.39, 0.29) is 23.6 Å². The summed E-state index contributed by atoms with van der Waals surface area (Å²) < 4.78 is 32.7. The van der Waals surface area contributed by atoms with E-state index in [1.807, 2.05) is 11.0 Å². The zero-order chi connectivity index (χ0) is 22.6. The van der Waals surface area contributed by atoms with Gasteiger partial charge in [-0.05, 0) is 43.9 Å². The van der Waals surface area contributed by atoms with Crippen LogP contribution >= 0.6 is 0 Å². The summed E-state index contributed by atoms with van der Waals surface area (Å²) in [5.74, 6) is -0.174. The largest absolute Gasteiger partial charge is 0.383 e. The third kappa shape index (κ3) is 3.32. The molecule has 0 spiro atoms. The summed E-state index contributed by atoms with van der Waals surface area (Å²) in [6.07, 6.45) is 5.46. The number of methoxy groups -OCH3 is 1. The lowest BCUT2D eigenvalue weighted by Crippen LogP contribution is -2.50. The third-order valence-electron chi connectivity index (χ3n) is 6.84. The Morgan fingerprint density at radius 1 is 1.22 bits per heavy atom. The number of carbonyl (C=O) groups excluding carboxylic acids is 1. The molecule has 0 aliphatic carbocycles. The minimum Gasteiger partial charge on any atom is -0.383 e. The molecular formula is C22H26N4O5S. The van der Waals surface area contributed by atoms with E-state index in [1.54, 1.807) is 36.1 Å². The number of piperidine rings is 1. The van der Waals surface area contributed by atoms with Gasteiger partial charge in [-0.25, -0.2) is 13.4 Å². The SMILES string of the molecule is COCCn1c(C(=O)N2C3CCC2CC(S(C)(=O)=O)C3)cc2c(=O)n3ccccc3nc21. The molecule has 2 fully saturated rings. The Morgan fingerprint density at radius 3 is 2.59 bits per heavy atom.